The first-order chi connectivity index (χ1) is 11.2. The molecule has 0 heterocycles. The van der Waals surface area contributed by atoms with Crippen LogP contribution in [-0.2, 0) is 0 Å². The molecular weight excluding hydrogens is 284 g/mol. The predicted molar refractivity (Wildman–Crippen MR) is 104 cm³/mol. The minimum absolute atomic E-state index is 0.106. The maximum absolute atomic E-state index is 9.19. The van der Waals surface area contributed by atoms with Crippen LogP contribution < -0.4 is 0 Å². The SMILES string of the molecule is CCCCCCC(O)CCO.CCCCCCCCCCCC. The summed E-state index contributed by atoms with van der Waals surface area (Å²) in [5.41, 5.74) is 0. The number of hydrogen-bond acceptors (Lipinski definition) is 2. The molecule has 23 heavy (non-hydrogen) atoms. The van der Waals surface area contributed by atoms with Crippen LogP contribution in [0.3, 0.4) is 0 Å². The fourth-order valence-corrected chi connectivity index (χ4v) is 2.66. The number of unbranched alkanes of at least 4 members (excludes halogenated alkanes) is 12. The Morgan fingerprint density at radius 2 is 0.870 bits per heavy atom. The van der Waals surface area contributed by atoms with Crippen molar-refractivity contribution in [2.24, 2.45) is 0 Å². The van der Waals surface area contributed by atoms with Gasteiger partial charge in [-0.15, -0.1) is 0 Å². The minimum Gasteiger partial charge on any atom is -0.396 e. The zero-order valence-electron chi connectivity index (χ0n) is 16.5. The van der Waals surface area contributed by atoms with E-state index < -0.39 is 0 Å². The molecule has 142 valence electrons. The summed E-state index contributed by atoms with van der Waals surface area (Å²) in [5.74, 6) is 0. The molecule has 0 aliphatic rings. The van der Waals surface area contributed by atoms with E-state index in [1.165, 1.54) is 83.5 Å². The first-order valence-electron chi connectivity index (χ1n) is 10.5. The number of aliphatic hydroxyl groups excluding tert-OH is 2. The van der Waals surface area contributed by atoms with Gasteiger partial charge in [0.2, 0.25) is 0 Å². The van der Waals surface area contributed by atoms with E-state index in [2.05, 4.69) is 20.8 Å². The van der Waals surface area contributed by atoms with Gasteiger partial charge in [0, 0.05) is 6.61 Å². The van der Waals surface area contributed by atoms with Crippen molar-refractivity contribution in [3.05, 3.63) is 0 Å². The first-order valence-corrected chi connectivity index (χ1v) is 10.5. The van der Waals surface area contributed by atoms with Gasteiger partial charge in [-0.2, -0.15) is 0 Å². The van der Waals surface area contributed by atoms with Crippen LogP contribution in [0.25, 0.3) is 0 Å². The third kappa shape index (κ3) is 27.1. The Morgan fingerprint density at radius 1 is 0.522 bits per heavy atom. The zero-order chi connectivity index (χ0) is 17.6. The maximum atomic E-state index is 9.19. The van der Waals surface area contributed by atoms with Crippen molar-refractivity contribution in [2.45, 2.75) is 130 Å². The topological polar surface area (TPSA) is 40.5 Å². The van der Waals surface area contributed by atoms with E-state index >= 15 is 0 Å². The second kappa shape index (κ2) is 24.2. The van der Waals surface area contributed by atoms with Gasteiger partial charge < -0.3 is 10.2 Å². The molecule has 0 aromatic carbocycles. The van der Waals surface area contributed by atoms with E-state index in [4.69, 9.17) is 5.11 Å². The molecule has 0 saturated heterocycles. The molecule has 0 fully saturated rings. The van der Waals surface area contributed by atoms with Crippen LogP contribution in [0, 0.1) is 0 Å². The largest absolute Gasteiger partial charge is 0.396 e. The molecule has 0 saturated carbocycles. The van der Waals surface area contributed by atoms with Crippen molar-refractivity contribution in [3.63, 3.8) is 0 Å². The summed E-state index contributed by atoms with van der Waals surface area (Å²) in [5, 5.41) is 17.7. The van der Waals surface area contributed by atoms with Crippen LogP contribution in [0.15, 0.2) is 0 Å². The molecule has 0 aliphatic heterocycles. The van der Waals surface area contributed by atoms with Crippen LogP contribution in [0.4, 0.5) is 0 Å². The van der Waals surface area contributed by atoms with E-state index in [9.17, 15) is 5.11 Å². The molecule has 2 heteroatoms. The molecule has 0 bridgehead atoms. The molecule has 2 nitrogen and oxygen atoms in total. The Hall–Kier alpha value is -0.0800. The molecule has 0 rings (SSSR count). The molecule has 0 aromatic rings. The van der Waals surface area contributed by atoms with Gasteiger partial charge in [0.25, 0.3) is 0 Å². The Labute approximate surface area is 147 Å². The maximum Gasteiger partial charge on any atom is 0.0562 e. The van der Waals surface area contributed by atoms with Gasteiger partial charge in [-0.1, -0.05) is 111 Å². The fraction of sp³-hybridized carbons (Fsp3) is 1.00. The van der Waals surface area contributed by atoms with Gasteiger partial charge in [0.05, 0.1) is 6.10 Å². The van der Waals surface area contributed by atoms with E-state index in [1.807, 2.05) is 0 Å². The quantitative estimate of drug-likeness (QED) is 0.312. The lowest BCUT2D eigenvalue weighted by Crippen LogP contribution is -2.08. The fourth-order valence-electron chi connectivity index (χ4n) is 2.66. The summed E-state index contributed by atoms with van der Waals surface area (Å²) in [6.07, 6.45) is 20.3. The van der Waals surface area contributed by atoms with Crippen molar-refractivity contribution in [3.8, 4) is 0 Å². The number of hydrogen-bond donors (Lipinski definition) is 2. The van der Waals surface area contributed by atoms with E-state index in [0.29, 0.717) is 6.42 Å². The Kier molecular flexibility index (Phi) is 26.5. The summed E-state index contributed by atoms with van der Waals surface area (Å²) in [6, 6.07) is 0. The van der Waals surface area contributed by atoms with E-state index in [0.717, 1.165) is 12.8 Å². The highest BCUT2D eigenvalue weighted by molar-refractivity contribution is 4.54. The highest BCUT2D eigenvalue weighted by Crippen LogP contribution is 2.10. The summed E-state index contributed by atoms with van der Waals surface area (Å²) in [7, 11) is 0. The predicted octanol–water partition coefficient (Wildman–Crippen LogP) is 6.63. The van der Waals surface area contributed by atoms with Crippen molar-refractivity contribution >= 4 is 0 Å². The van der Waals surface area contributed by atoms with Gasteiger partial charge in [0.15, 0.2) is 0 Å². The van der Waals surface area contributed by atoms with Crippen molar-refractivity contribution in [1.29, 1.82) is 0 Å². The van der Waals surface area contributed by atoms with Crippen LogP contribution in [0.5, 0.6) is 0 Å². The molecule has 0 radical (unpaired) electrons. The number of aliphatic hydroxyl groups is 2. The molecule has 1 atom stereocenters. The van der Waals surface area contributed by atoms with Gasteiger partial charge >= 0.3 is 0 Å². The Morgan fingerprint density at radius 3 is 1.22 bits per heavy atom. The molecule has 1 unspecified atom stereocenters. The van der Waals surface area contributed by atoms with Crippen LogP contribution >= 0.6 is 0 Å². The van der Waals surface area contributed by atoms with Gasteiger partial charge in [-0.3, -0.25) is 0 Å². The molecule has 0 spiro atoms. The minimum atomic E-state index is -0.281. The van der Waals surface area contributed by atoms with Crippen LogP contribution in [0.1, 0.15) is 124 Å². The second-order valence-corrected chi connectivity index (χ2v) is 6.84. The third-order valence-corrected chi connectivity index (χ3v) is 4.31. The van der Waals surface area contributed by atoms with Gasteiger partial charge in [-0.25, -0.2) is 0 Å². The average molecular weight is 331 g/mol. The van der Waals surface area contributed by atoms with E-state index in [-0.39, 0.29) is 12.7 Å². The Bertz CT molecular complexity index is 173. The normalized spacial score (nSPS) is 11.9. The first kappa shape index (κ1) is 25.2. The molecule has 0 amide bonds. The summed E-state index contributed by atoms with van der Waals surface area (Å²) in [4.78, 5) is 0. The van der Waals surface area contributed by atoms with Crippen molar-refractivity contribution < 1.29 is 10.2 Å². The van der Waals surface area contributed by atoms with Crippen LogP contribution in [-0.4, -0.2) is 22.9 Å². The second-order valence-electron chi connectivity index (χ2n) is 6.84. The van der Waals surface area contributed by atoms with Crippen molar-refractivity contribution in [1.82, 2.24) is 0 Å². The molecule has 0 aromatic heterocycles. The lowest BCUT2D eigenvalue weighted by molar-refractivity contribution is 0.122. The Balaban J connectivity index is 0. The summed E-state index contributed by atoms with van der Waals surface area (Å²) < 4.78 is 0. The molecule has 0 aliphatic carbocycles. The average Bonchev–Trinajstić information content (AvgIpc) is 2.55. The van der Waals surface area contributed by atoms with Crippen molar-refractivity contribution in [2.75, 3.05) is 6.61 Å². The monoisotopic (exact) mass is 330 g/mol. The highest BCUT2D eigenvalue weighted by Gasteiger charge is 2.01. The summed E-state index contributed by atoms with van der Waals surface area (Å²) >= 11 is 0. The van der Waals surface area contributed by atoms with Gasteiger partial charge in [-0.05, 0) is 12.8 Å². The standard InChI is InChI=1S/C12H26.C9H20O2/c1-3-5-7-9-11-12-10-8-6-4-2;1-2-3-4-5-6-9(11)7-8-10/h3-12H2,1-2H3;9-11H,2-8H2,1H3. The van der Waals surface area contributed by atoms with Gasteiger partial charge in [0.1, 0.15) is 0 Å². The smallest absolute Gasteiger partial charge is 0.0562 e. The summed E-state index contributed by atoms with van der Waals surface area (Å²) in [6.45, 7) is 6.83. The molecule has 2 N–H and O–H groups in total. The molecular formula is C21H46O2. The third-order valence-electron chi connectivity index (χ3n) is 4.31. The van der Waals surface area contributed by atoms with E-state index in [1.54, 1.807) is 0 Å². The highest BCUT2D eigenvalue weighted by atomic mass is 16.3. The number of rotatable bonds is 16. The van der Waals surface area contributed by atoms with Crippen LogP contribution in [0.2, 0.25) is 0 Å². The lowest BCUT2D eigenvalue weighted by Gasteiger charge is -2.07. The lowest BCUT2D eigenvalue weighted by atomic mass is 10.1. The zero-order valence-corrected chi connectivity index (χ0v) is 16.5.